The number of carbonyl (C=O) groups is 1. The topological polar surface area (TPSA) is 82.6 Å². The van der Waals surface area contributed by atoms with E-state index < -0.39 is 0 Å². The van der Waals surface area contributed by atoms with Crippen LogP contribution in [0.1, 0.15) is 36.0 Å². The minimum atomic E-state index is -0.0769. The average Bonchev–Trinajstić information content (AvgIpc) is 2.69. The lowest BCUT2D eigenvalue weighted by Crippen LogP contribution is -2.39. The Balaban J connectivity index is 1.49. The summed E-state index contributed by atoms with van der Waals surface area (Å²) in [5.74, 6) is 1.50. The fourth-order valence-electron chi connectivity index (χ4n) is 3.02. The van der Waals surface area contributed by atoms with Crippen LogP contribution in [0.2, 0.25) is 0 Å². The van der Waals surface area contributed by atoms with Gasteiger partial charge in [-0.25, -0.2) is 0 Å². The summed E-state index contributed by atoms with van der Waals surface area (Å²) in [4.78, 5) is 20.7. The Morgan fingerprint density at radius 2 is 1.85 bits per heavy atom. The smallest absolute Gasteiger partial charge is 0.251 e. The molecule has 0 bridgehead atoms. The summed E-state index contributed by atoms with van der Waals surface area (Å²) in [6.45, 7) is 0. The van der Waals surface area contributed by atoms with E-state index in [0.717, 1.165) is 25.7 Å². The molecule has 1 amide bonds. The molecule has 2 aromatic rings. The van der Waals surface area contributed by atoms with Crippen LogP contribution >= 0.6 is 0 Å². The van der Waals surface area contributed by atoms with Gasteiger partial charge in [0.25, 0.3) is 5.91 Å². The third-order valence-electron chi connectivity index (χ3n) is 4.43. The summed E-state index contributed by atoms with van der Waals surface area (Å²) in [6, 6.07) is 7.30. The summed E-state index contributed by atoms with van der Waals surface area (Å²) in [5.41, 5.74) is 0.606. The molecule has 7 heteroatoms. The number of rotatable bonds is 6. The summed E-state index contributed by atoms with van der Waals surface area (Å²) < 4.78 is 16.1. The van der Waals surface area contributed by atoms with Gasteiger partial charge < -0.3 is 19.5 Å². The van der Waals surface area contributed by atoms with Crippen molar-refractivity contribution in [1.29, 1.82) is 0 Å². The first-order valence-corrected chi connectivity index (χ1v) is 8.65. The van der Waals surface area contributed by atoms with Crippen molar-refractivity contribution in [3.63, 3.8) is 0 Å². The molecular formula is C19H23N3O4. The van der Waals surface area contributed by atoms with Gasteiger partial charge >= 0.3 is 0 Å². The van der Waals surface area contributed by atoms with E-state index in [2.05, 4.69) is 15.3 Å². The Bertz CT molecular complexity index is 745. The summed E-state index contributed by atoms with van der Waals surface area (Å²) in [6.07, 6.45) is 6.61. The molecule has 0 radical (unpaired) electrons. The molecule has 0 aliphatic heterocycles. The minimum Gasteiger partial charge on any atom is -0.497 e. The van der Waals surface area contributed by atoms with E-state index in [1.54, 1.807) is 32.5 Å². The van der Waals surface area contributed by atoms with Crippen LogP contribution in [0.3, 0.4) is 0 Å². The van der Waals surface area contributed by atoms with E-state index in [9.17, 15) is 4.79 Å². The van der Waals surface area contributed by atoms with Gasteiger partial charge in [-0.2, -0.15) is 4.98 Å². The molecule has 0 unspecified atom stereocenters. The number of hydrogen-bond donors (Lipinski definition) is 1. The SMILES string of the molecule is COc1cccc(C(=O)NC2CCC(Oc3cncc(OC)n3)CC2)c1. The first-order chi connectivity index (χ1) is 12.7. The van der Waals surface area contributed by atoms with Crippen LogP contribution in [-0.2, 0) is 0 Å². The van der Waals surface area contributed by atoms with Crippen molar-refractivity contribution in [3.8, 4) is 17.5 Å². The van der Waals surface area contributed by atoms with Gasteiger partial charge in [-0.3, -0.25) is 9.78 Å². The Morgan fingerprint density at radius 3 is 2.58 bits per heavy atom. The standard InChI is InChI=1S/C19H23N3O4/c1-24-16-5-3-4-13(10-16)19(23)21-14-6-8-15(9-7-14)26-18-12-20-11-17(22-18)25-2/h3-5,10-12,14-15H,6-9H2,1-2H3,(H,21,23). The van der Waals surface area contributed by atoms with Crippen molar-refractivity contribution >= 4 is 5.91 Å². The van der Waals surface area contributed by atoms with Gasteiger partial charge in [0, 0.05) is 11.6 Å². The third kappa shape index (κ3) is 4.62. The van der Waals surface area contributed by atoms with Crippen LogP contribution in [0, 0.1) is 0 Å². The molecule has 138 valence electrons. The number of hydrogen-bond acceptors (Lipinski definition) is 6. The Hall–Kier alpha value is -2.83. The normalized spacial score (nSPS) is 19.5. The first kappa shape index (κ1) is 18.0. The highest BCUT2D eigenvalue weighted by atomic mass is 16.5. The second-order valence-corrected chi connectivity index (χ2v) is 6.20. The zero-order valence-electron chi connectivity index (χ0n) is 15.0. The van der Waals surface area contributed by atoms with Crippen LogP contribution in [0.5, 0.6) is 17.5 Å². The van der Waals surface area contributed by atoms with Crippen LogP contribution in [-0.4, -0.2) is 42.2 Å². The lowest BCUT2D eigenvalue weighted by Gasteiger charge is -2.29. The van der Waals surface area contributed by atoms with Crippen LogP contribution in [0.25, 0.3) is 0 Å². The highest BCUT2D eigenvalue weighted by Crippen LogP contribution is 2.24. The van der Waals surface area contributed by atoms with Crippen molar-refractivity contribution in [2.45, 2.75) is 37.8 Å². The summed E-state index contributed by atoms with van der Waals surface area (Å²) >= 11 is 0. The number of nitrogens with one attached hydrogen (secondary N) is 1. The molecule has 1 aromatic carbocycles. The van der Waals surface area contributed by atoms with Gasteiger partial charge in [0.05, 0.1) is 26.6 Å². The van der Waals surface area contributed by atoms with Gasteiger partial charge in [0.2, 0.25) is 11.8 Å². The molecule has 26 heavy (non-hydrogen) atoms. The van der Waals surface area contributed by atoms with Crippen molar-refractivity contribution in [3.05, 3.63) is 42.2 Å². The van der Waals surface area contributed by atoms with Gasteiger partial charge in [-0.15, -0.1) is 0 Å². The highest BCUT2D eigenvalue weighted by Gasteiger charge is 2.24. The van der Waals surface area contributed by atoms with E-state index >= 15 is 0 Å². The van der Waals surface area contributed by atoms with E-state index in [4.69, 9.17) is 14.2 Å². The van der Waals surface area contributed by atoms with Crippen molar-refractivity contribution in [1.82, 2.24) is 15.3 Å². The molecule has 1 aliphatic rings. The van der Waals surface area contributed by atoms with Gasteiger partial charge in [-0.05, 0) is 43.9 Å². The number of benzene rings is 1. The lowest BCUT2D eigenvalue weighted by molar-refractivity contribution is 0.0888. The van der Waals surface area contributed by atoms with E-state index in [0.29, 0.717) is 23.1 Å². The molecule has 0 saturated heterocycles. The molecule has 1 N–H and O–H groups in total. The second kappa shape index (κ2) is 8.51. The Labute approximate surface area is 152 Å². The molecule has 7 nitrogen and oxygen atoms in total. The maximum absolute atomic E-state index is 12.4. The van der Waals surface area contributed by atoms with Gasteiger partial charge in [0.1, 0.15) is 11.9 Å². The molecule has 0 atom stereocenters. The number of methoxy groups -OCH3 is 2. The fraction of sp³-hybridized carbons (Fsp3) is 0.421. The number of nitrogens with zero attached hydrogens (tertiary/aromatic N) is 2. The Morgan fingerprint density at radius 1 is 1.08 bits per heavy atom. The number of carbonyl (C=O) groups excluding carboxylic acids is 1. The van der Waals surface area contributed by atoms with Crippen molar-refractivity contribution in [2.75, 3.05) is 14.2 Å². The number of ether oxygens (including phenoxy) is 3. The molecule has 0 spiro atoms. The maximum Gasteiger partial charge on any atom is 0.251 e. The van der Waals surface area contributed by atoms with E-state index in [-0.39, 0.29) is 18.1 Å². The average molecular weight is 357 g/mol. The second-order valence-electron chi connectivity index (χ2n) is 6.20. The van der Waals surface area contributed by atoms with Crippen molar-refractivity contribution in [2.24, 2.45) is 0 Å². The molecule has 1 aromatic heterocycles. The molecule has 3 rings (SSSR count). The molecule has 1 aliphatic carbocycles. The fourth-order valence-corrected chi connectivity index (χ4v) is 3.02. The molecule has 1 fully saturated rings. The molecule has 1 saturated carbocycles. The number of aromatic nitrogens is 2. The first-order valence-electron chi connectivity index (χ1n) is 8.65. The minimum absolute atomic E-state index is 0.0707. The van der Waals surface area contributed by atoms with E-state index in [1.807, 2.05) is 12.1 Å². The van der Waals surface area contributed by atoms with Crippen LogP contribution < -0.4 is 19.5 Å². The maximum atomic E-state index is 12.4. The predicted molar refractivity (Wildman–Crippen MR) is 95.7 cm³/mol. The summed E-state index contributed by atoms with van der Waals surface area (Å²) in [7, 11) is 3.13. The highest BCUT2D eigenvalue weighted by molar-refractivity contribution is 5.94. The largest absolute Gasteiger partial charge is 0.497 e. The van der Waals surface area contributed by atoms with Crippen LogP contribution in [0.4, 0.5) is 0 Å². The quantitative estimate of drug-likeness (QED) is 0.856. The zero-order chi connectivity index (χ0) is 18.4. The third-order valence-corrected chi connectivity index (χ3v) is 4.43. The molecular weight excluding hydrogens is 334 g/mol. The molecule has 1 heterocycles. The summed E-state index contributed by atoms with van der Waals surface area (Å²) in [5, 5.41) is 3.09. The van der Waals surface area contributed by atoms with E-state index in [1.165, 1.54) is 6.20 Å². The lowest BCUT2D eigenvalue weighted by atomic mass is 9.92. The monoisotopic (exact) mass is 357 g/mol. The van der Waals surface area contributed by atoms with Crippen LogP contribution in [0.15, 0.2) is 36.7 Å². The number of amides is 1. The predicted octanol–water partition coefficient (Wildman–Crippen LogP) is 2.61. The van der Waals surface area contributed by atoms with Gasteiger partial charge in [0.15, 0.2) is 0 Å². The Kier molecular flexibility index (Phi) is 5.88. The van der Waals surface area contributed by atoms with Crippen molar-refractivity contribution < 1.29 is 19.0 Å². The van der Waals surface area contributed by atoms with Gasteiger partial charge in [-0.1, -0.05) is 6.07 Å². The zero-order valence-corrected chi connectivity index (χ0v) is 15.0.